The van der Waals surface area contributed by atoms with Crippen molar-refractivity contribution in [1.29, 1.82) is 0 Å². The molecular formula is C11H9N3. The zero-order valence-corrected chi connectivity index (χ0v) is 7.49. The highest BCUT2D eigenvalue weighted by molar-refractivity contribution is 5.80. The average Bonchev–Trinajstić information content (AvgIpc) is 2.88. The van der Waals surface area contributed by atoms with E-state index in [0.717, 1.165) is 16.7 Å². The van der Waals surface area contributed by atoms with Gasteiger partial charge in [-0.05, 0) is 24.3 Å². The maximum atomic E-state index is 4.18. The Morgan fingerprint density at radius 1 is 1.07 bits per heavy atom. The number of aromatic amines is 2. The van der Waals surface area contributed by atoms with E-state index in [1.54, 1.807) is 6.33 Å². The summed E-state index contributed by atoms with van der Waals surface area (Å²) in [6, 6.07) is 10.2. The van der Waals surface area contributed by atoms with E-state index in [9.17, 15) is 0 Å². The number of aromatic nitrogens is 3. The molecule has 0 atom stereocenters. The first-order valence-corrected chi connectivity index (χ1v) is 4.50. The van der Waals surface area contributed by atoms with Gasteiger partial charge >= 0.3 is 0 Å². The Hall–Kier alpha value is -2.03. The second-order valence-electron chi connectivity index (χ2n) is 3.22. The molecule has 68 valence electrons. The summed E-state index contributed by atoms with van der Waals surface area (Å²) < 4.78 is 0. The fourth-order valence-electron chi connectivity index (χ4n) is 1.61. The van der Waals surface area contributed by atoms with Gasteiger partial charge < -0.3 is 9.97 Å². The molecule has 1 aromatic carbocycles. The Morgan fingerprint density at radius 2 is 2.07 bits per heavy atom. The number of rotatable bonds is 1. The highest BCUT2D eigenvalue weighted by atomic mass is 14.9. The van der Waals surface area contributed by atoms with Crippen molar-refractivity contribution >= 4 is 11.0 Å². The van der Waals surface area contributed by atoms with Gasteiger partial charge in [0.25, 0.3) is 0 Å². The first kappa shape index (κ1) is 7.38. The summed E-state index contributed by atoms with van der Waals surface area (Å²) >= 11 is 0. The summed E-state index contributed by atoms with van der Waals surface area (Å²) in [7, 11) is 0. The van der Waals surface area contributed by atoms with Gasteiger partial charge in [-0.1, -0.05) is 6.07 Å². The molecule has 3 nitrogen and oxygen atoms in total. The van der Waals surface area contributed by atoms with E-state index in [4.69, 9.17) is 0 Å². The number of fused-ring (bicyclic) bond motifs is 1. The largest absolute Gasteiger partial charge is 0.361 e. The van der Waals surface area contributed by atoms with Crippen molar-refractivity contribution in [3.05, 3.63) is 42.9 Å². The fourth-order valence-corrected chi connectivity index (χ4v) is 1.61. The maximum absolute atomic E-state index is 4.18. The van der Waals surface area contributed by atoms with Crippen molar-refractivity contribution < 1.29 is 0 Å². The molecule has 2 aromatic heterocycles. The monoisotopic (exact) mass is 183 g/mol. The van der Waals surface area contributed by atoms with Crippen LogP contribution in [0.15, 0.2) is 42.9 Å². The Labute approximate surface area is 80.8 Å². The lowest BCUT2D eigenvalue weighted by molar-refractivity contribution is 1.34. The first-order chi connectivity index (χ1) is 6.93. The highest BCUT2D eigenvalue weighted by Gasteiger charge is 2.00. The van der Waals surface area contributed by atoms with E-state index in [1.165, 1.54) is 5.56 Å². The van der Waals surface area contributed by atoms with Crippen molar-refractivity contribution in [3.63, 3.8) is 0 Å². The summed E-state index contributed by atoms with van der Waals surface area (Å²) in [4.78, 5) is 10.4. The van der Waals surface area contributed by atoms with Crippen molar-refractivity contribution in [3.8, 4) is 11.3 Å². The number of nitrogens with zero attached hydrogens (tertiary/aromatic N) is 1. The van der Waals surface area contributed by atoms with Crippen LogP contribution in [0.5, 0.6) is 0 Å². The van der Waals surface area contributed by atoms with E-state index < -0.39 is 0 Å². The lowest BCUT2D eigenvalue weighted by Crippen LogP contribution is -1.77. The van der Waals surface area contributed by atoms with Gasteiger partial charge in [0.1, 0.15) is 0 Å². The lowest BCUT2D eigenvalue weighted by atomic mass is 10.1. The molecule has 0 spiro atoms. The summed E-state index contributed by atoms with van der Waals surface area (Å²) in [6.45, 7) is 0. The number of H-pyrrole nitrogens is 2. The number of benzene rings is 1. The zero-order valence-electron chi connectivity index (χ0n) is 7.49. The minimum Gasteiger partial charge on any atom is -0.361 e. The number of imidazole rings is 1. The summed E-state index contributed by atoms with van der Waals surface area (Å²) in [5, 5.41) is 0. The Balaban J connectivity index is 2.23. The highest BCUT2D eigenvalue weighted by Crippen LogP contribution is 2.20. The summed E-state index contributed by atoms with van der Waals surface area (Å²) in [5.74, 6) is 0. The standard InChI is InChI=1S/C11H9N3/c1-2-9(12-5-1)8-3-4-10-11(6-8)14-7-13-10/h1-7,12H,(H,13,14). The van der Waals surface area contributed by atoms with Crippen LogP contribution in [0.1, 0.15) is 0 Å². The van der Waals surface area contributed by atoms with Crippen molar-refractivity contribution in [2.75, 3.05) is 0 Å². The van der Waals surface area contributed by atoms with E-state index in [0.29, 0.717) is 0 Å². The van der Waals surface area contributed by atoms with Crippen LogP contribution < -0.4 is 0 Å². The normalized spacial score (nSPS) is 10.9. The topological polar surface area (TPSA) is 44.5 Å². The van der Waals surface area contributed by atoms with Gasteiger partial charge in [-0.3, -0.25) is 0 Å². The first-order valence-electron chi connectivity index (χ1n) is 4.50. The molecular weight excluding hydrogens is 174 g/mol. The molecule has 3 aromatic rings. The van der Waals surface area contributed by atoms with E-state index >= 15 is 0 Å². The minimum absolute atomic E-state index is 1.00. The van der Waals surface area contributed by atoms with Gasteiger partial charge in [0.2, 0.25) is 0 Å². The molecule has 0 bridgehead atoms. The predicted octanol–water partition coefficient (Wildman–Crippen LogP) is 2.56. The molecule has 0 radical (unpaired) electrons. The molecule has 0 aliphatic heterocycles. The minimum atomic E-state index is 1.00. The molecule has 0 saturated carbocycles. The van der Waals surface area contributed by atoms with Crippen LogP contribution >= 0.6 is 0 Å². The molecule has 2 heterocycles. The number of hydrogen-bond acceptors (Lipinski definition) is 1. The summed E-state index contributed by atoms with van der Waals surface area (Å²) in [6.07, 6.45) is 3.63. The second kappa shape index (κ2) is 2.73. The summed E-state index contributed by atoms with van der Waals surface area (Å²) in [5.41, 5.74) is 4.37. The van der Waals surface area contributed by atoms with Crippen LogP contribution in [0.2, 0.25) is 0 Å². The smallest absolute Gasteiger partial charge is 0.0931 e. The van der Waals surface area contributed by atoms with Crippen molar-refractivity contribution in [2.45, 2.75) is 0 Å². The molecule has 14 heavy (non-hydrogen) atoms. The zero-order chi connectivity index (χ0) is 9.38. The lowest BCUT2D eigenvalue weighted by Gasteiger charge is -1.97. The molecule has 0 amide bonds. The van der Waals surface area contributed by atoms with Crippen molar-refractivity contribution in [2.24, 2.45) is 0 Å². The third-order valence-corrected chi connectivity index (χ3v) is 2.33. The van der Waals surface area contributed by atoms with E-state index in [2.05, 4.69) is 33.2 Å². The van der Waals surface area contributed by atoms with Gasteiger partial charge in [0, 0.05) is 17.5 Å². The van der Waals surface area contributed by atoms with E-state index in [-0.39, 0.29) is 0 Å². The van der Waals surface area contributed by atoms with Crippen LogP contribution in [-0.2, 0) is 0 Å². The third-order valence-electron chi connectivity index (χ3n) is 2.33. The molecule has 2 N–H and O–H groups in total. The third kappa shape index (κ3) is 1.03. The SMILES string of the molecule is c1c[nH]c(-c2ccc3nc[nH]c3c2)c1. The molecule has 0 aliphatic carbocycles. The fraction of sp³-hybridized carbons (Fsp3) is 0. The Morgan fingerprint density at radius 3 is 2.93 bits per heavy atom. The Bertz CT molecular complexity index is 549. The van der Waals surface area contributed by atoms with Crippen molar-refractivity contribution in [1.82, 2.24) is 15.0 Å². The molecule has 0 unspecified atom stereocenters. The molecule has 0 fully saturated rings. The van der Waals surface area contributed by atoms with Gasteiger partial charge in [-0.15, -0.1) is 0 Å². The van der Waals surface area contributed by atoms with Gasteiger partial charge in [-0.2, -0.15) is 0 Å². The molecule has 0 saturated heterocycles. The van der Waals surface area contributed by atoms with Crippen LogP contribution in [0.25, 0.3) is 22.3 Å². The quantitative estimate of drug-likeness (QED) is 0.598. The number of nitrogens with one attached hydrogen (secondary N) is 2. The Kier molecular flexibility index (Phi) is 1.44. The van der Waals surface area contributed by atoms with Crippen LogP contribution in [0.4, 0.5) is 0 Å². The molecule has 3 heteroatoms. The average molecular weight is 183 g/mol. The van der Waals surface area contributed by atoms with Crippen LogP contribution in [-0.4, -0.2) is 15.0 Å². The second-order valence-corrected chi connectivity index (χ2v) is 3.22. The van der Waals surface area contributed by atoms with Gasteiger partial charge in [0.15, 0.2) is 0 Å². The molecule has 0 aliphatic rings. The van der Waals surface area contributed by atoms with Crippen LogP contribution in [0.3, 0.4) is 0 Å². The number of hydrogen-bond donors (Lipinski definition) is 2. The van der Waals surface area contributed by atoms with E-state index in [1.807, 2.05) is 18.3 Å². The maximum Gasteiger partial charge on any atom is 0.0931 e. The van der Waals surface area contributed by atoms with Gasteiger partial charge in [-0.25, -0.2) is 4.98 Å². The van der Waals surface area contributed by atoms with Gasteiger partial charge in [0.05, 0.1) is 17.4 Å². The van der Waals surface area contributed by atoms with Crippen LogP contribution in [0, 0.1) is 0 Å². The molecule has 3 rings (SSSR count). The predicted molar refractivity (Wildman–Crippen MR) is 55.9 cm³/mol.